The van der Waals surface area contributed by atoms with E-state index in [0.717, 1.165) is 6.04 Å². The summed E-state index contributed by atoms with van der Waals surface area (Å²) in [6.45, 7) is 4.37. The number of thioether (sulfide) groups is 1. The summed E-state index contributed by atoms with van der Waals surface area (Å²) in [4.78, 5) is 0. The molecule has 82 valence electrons. The zero-order valence-electron chi connectivity index (χ0n) is 9.16. The zero-order valence-corrected chi connectivity index (χ0v) is 9.98. The molecule has 0 spiro atoms. The molecule has 4 atom stereocenters. The standard InChI is InChI=1S/C11H21NOS/c1-8-6-11(9(2)13-8)12-10-4-3-5-14-7-10/h8-12H,3-7H2,1-2H3. The summed E-state index contributed by atoms with van der Waals surface area (Å²) < 4.78 is 5.75. The lowest BCUT2D eigenvalue weighted by Gasteiger charge is -2.27. The Hall–Kier alpha value is 0.270. The molecule has 0 amide bonds. The normalized spacial score (nSPS) is 44.1. The molecule has 1 N–H and O–H groups in total. The van der Waals surface area contributed by atoms with Gasteiger partial charge in [0.25, 0.3) is 0 Å². The molecule has 0 radical (unpaired) electrons. The van der Waals surface area contributed by atoms with Crippen LogP contribution in [0.4, 0.5) is 0 Å². The van der Waals surface area contributed by atoms with Gasteiger partial charge in [-0.1, -0.05) is 0 Å². The minimum atomic E-state index is 0.400. The van der Waals surface area contributed by atoms with Crippen molar-refractivity contribution >= 4 is 11.8 Å². The maximum Gasteiger partial charge on any atom is 0.0704 e. The highest BCUT2D eigenvalue weighted by atomic mass is 32.2. The molecule has 2 nitrogen and oxygen atoms in total. The quantitative estimate of drug-likeness (QED) is 0.761. The Morgan fingerprint density at radius 3 is 2.79 bits per heavy atom. The van der Waals surface area contributed by atoms with Crippen LogP contribution in [0.15, 0.2) is 0 Å². The van der Waals surface area contributed by atoms with Crippen LogP contribution < -0.4 is 5.32 Å². The van der Waals surface area contributed by atoms with Crippen LogP contribution in [-0.4, -0.2) is 35.8 Å². The average molecular weight is 215 g/mol. The molecule has 0 saturated carbocycles. The molecule has 2 saturated heterocycles. The van der Waals surface area contributed by atoms with Crippen molar-refractivity contribution in [3.05, 3.63) is 0 Å². The van der Waals surface area contributed by atoms with E-state index in [1.165, 1.54) is 30.8 Å². The van der Waals surface area contributed by atoms with Gasteiger partial charge in [0.15, 0.2) is 0 Å². The Labute approximate surface area is 91.2 Å². The van der Waals surface area contributed by atoms with Crippen molar-refractivity contribution in [2.75, 3.05) is 11.5 Å². The second kappa shape index (κ2) is 4.86. The van der Waals surface area contributed by atoms with E-state index in [1.54, 1.807) is 0 Å². The SMILES string of the molecule is CC1CC(NC2CCCSC2)C(C)O1. The Balaban J connectivity index is 1.78. The van der Waals surface area contributed by atoms with Gasteiger partial charge in [0, 0.05) is 17.8 Å². The fourth-order valence-corrected chi connectivity index (χ4v) is 3.53. The van der Waals surface area contributed by atoms with Gasteiger partial charge in [-0.15, -0.1) is 0 Å². The van der Waals surface area contributed by atoms with Crippen LogP contribution >= 0.6 is 11.8 Å². The second-order valence-corrected chi connectivity index (χ2v) is 5.72. The maximum atomic E-state index is 5.75. The topological polar surface area (TPSA) is 21.3 Å². The summed E-state index contributed by atoms with van der Waals surface area (Å²) in [7, 11) is 0. The highest BCUT2D eigenvalue weighted by molar-refractivity contribution is 7.99. The van der Waals surface area contributed by atoms with E-state index in [4.69, 9.17) is 4.74 Å². The first-order valence-electron chi connectivity index (χ1n) is 5.75. The van der Waals surface area contributed by atoms with Crippen LogP contribution in [0.25, 0.3) is 0 Å². The summed E-state index contributed by atoms with van der Waals surface area (Å²) in [6, 6.07) is 1.32. The maximum absolute atomic E-state index is 5.75. The lowest BCUT2D eigenvalue weighted by atomic mass is 10.1. The summed E-state index contributed by atoms with van der Waals surface area (Å²) >= 11 is 2.09. The molecule has 0 bridgehead atoms. The van der Waals surface area contributed by atoms with E-state index < -0.39 is 0 Å². The largest absolute Gasteiger partial charge is 0.374 e. The van der Waals surface area contributed by atoms with E-state index in [1.807, 2.05) is 0 Å². The van der Waals surface area contributed by atoms with Gasteiger partial charge in [-0.25, -0.2) is 0 Å². The van der Waals surface area contributed by atoms with Crippen molar-refractivity contribution in [3.8, 4) is 0 Å². The molecule has 0 aromatic heterocycles. The number of hydrogen-bond donors (Lipinski definition) is 1. The molecular formula is C11H21NOS. The van der Waals surface area contributed by atoms with Crippen LogP contribution in [-0.2, 0) is 4.74 Å². The summed E-state index contributed by atoms with van der Waals surface area (Å²) in [6.07, 6.45) is 4.75. The fourth-order valence-electron chi connectivity index (χ4n) is 2.44. The van der Waals surface area contributed by atoms with Gasteiger partial charge in [-0.3, -0.25) is 0 Å². The van der Waals surface area contributed by atoms with Crippen LogP contribution in [0.2, 0.25) is 0 Å². The first-order chi connectivity index (χ1) is 6.75. The van der Waals surface area contributed by atoms with Crippen LogP contribution in [0.5, 0.6) is 0 Å². The molecule has 3 heteroatoms. The lowest BCUT2D eigenvalue weighted by Crippen LogP contribution is -2.44. The lowest BCUT2D eigenvalue weighted by molar-refractivity contribution is 0.0596. The molecular weight excluding hydrogens is 194 g/mol. The molecule has 2 aliphatic rings. The van der Waals surface area contributed by atoms with Crippen LogP contribution in [0.1, 0.15) is 33.1 Å². The third-order valence-electron chi connectivity index (χ3n) is 3.21. The molecule has 2 aliphatic heterocycles. The summed E-state index contributed by atoms with van der Waals surface area (Å²) in [5, 5.41) is 3.75. The van der Waals surface area contributed by atoms with E-state index >= 15 is 0 Å². The van der Waals surface area contributed by atoms with Gasteiger partial charge in [0.05, 0.1) is 12.2 Å². The van der Waals surface area contributed by atoms with Crippen molar-refractivity contribution in [2.24, 2.45) is 0 Å². The van der Waals surface area contributed by atoms with Gasteiger partial charge >= 0.3 is 0 Å². The molecule has 2 heterocycles. The van der Waals surface area contributed by atoms with Gasteiger partial charge in [0.1, 0.15) is 0 Å². The second-order valence-electron chi connectivity index (χ2n) is 4.57. The van der Waals surface area contributed by atoms with Crippen molar-refractivity contribution in [1.82, 2.24) is 5.32 Å². The van der Waals surface area contributed by atoms with Gasteiger partial charge in [-0.2, -0.15) is 11.8 Å². The number of hydrogen-bond acceptors (Lipinski definition) is 3. The minimum absolute atomic E-state index is 0.400. The van der Waals surface area contributed by atoms with Crippen molar-refractivity contribution in [2.45, 2.75) is 57.4 Å². The van der Waals surface area contributed by atoms with Gasteiger partial charge in [0.2, 0.25) is 0 Å². The zero-order chi connectivity index (χ0) is 9.97. The minimum Gasteiger partial charge on any atom is -0.374 e. The molecule has 2 fully saturated rings. The van der Waals surface area contributed by atoms with Crippen LogP contribution in [0.3, 0.4) is 0 Å². The average Bonchev–Trinajstić information content (AvgIpc) is 2.47. The Morgan fingerprint density at radius 2 is 2.21 bits per heavy atom. The van der Waals surface area contributed by atoms with Crippen molar-refractivity contribution < 1.29 is 4.74 Å². The number of nitrogens with one attached hydrogen (secondary N) is 1. The Kier molecular flexibility index (Phi) is 3.74. The molecule has 0 aliphatic carbocycles. The number of rotatable bonds is 2. The predicted octanol–water partition coefficient (Wildman–Crippen LogP) is 2.04. The summed E-state index contributed by atoms with van der Waals surface area (Å²) in [5.74, 6) is 2.64. The van der Waals surface area contributed by atoms with Crippen molar-refractivity contribution in [1.29, 1.82) is 0 Å². The fraction of sp³-hybridized carbons (Fsp3) is 1.00. The summed E-state index contributed by atoms with van der Waals surface area (Å²) in [5.41, 5.74) is 0. The highest BCUT2D eigenvalue weighted by Gasteiger charge is 2.31. The third-order valence-corrected chi connectivity index (χ3v) is 4.42. The van der Waals surface area contributed by atoms with E-state index in [2.05, 4.69) is 30.9 Å². The monoisotopic (exact) mass is 215 g/mol. The molecule has 14 heavy (non-hydrogen) atoms. The molecule has 4 unspecified atom stereocenters. The smallest absolute Gasteiger partial charge is 0.0704 e. The van der Waals surface area contributed by atoms with Gasteiger partial charge in [-0.05, 0) is 38.9 Å². The van der Waals surface area contributed by atoms with E-state index in [-0.39, 0.29) is 0 Å². The molecule has 0 aromatic rings. The Morgan fingerprint density at radius 1 is 1.36 bits per heavy atom. The van der Waals surface area contributed by atoms with E-state index in [0.29, 0.717) is 18.2 Å². The Bertz CT molecular complexity index is 182. The molecule has 0 aromatic carbocycles. The third kappa shape index (κ3) is 2.65. The van der Waals surface area contributed by atoms with Gasteiger partial charge < -0.3 is 10.1 Å². The highest BCUT2D eigenvalue weighted by Crippen LogP contribution is 2.23. The number of ether oxygens (including phenoxy) is 1. The molecule has 2 rings (SSSR count). The first-order valence-corrected chi connectivity index (χ1v) is 6.90. The first kappa shape index (κ1) is 10.8. The van der Waals surface area contributed by atoms with E-state index in [9.17, 15) is 0 Å². The predicted molar refractivity (Wildman–Crippen MR) is 61.9 cm³/mol. The van der Waals surface area contributed by atoms with Crippen molar-refractivity contribution in [3.63, 3.8) is 0 Å². The van der Waals surface area contributed by atoms with Crippen LogP contribution in [0, 0.1) is 0 Å².